The van der Waals surface area contributed by atoms with Gasteiger partial charge in [-0.05, 0) is 49.4 Å². The van der Waals surface area contributed by atoms with E-state index in [1.54, 1.807) is 0 Å². The van der Waals surface area contributed by atoms with Crippen LogP contribution in [0.3, 0.4) is 0 Å². The van der Waals surface area contributed by atoms with Crippen molar-refractivity contribution in [1.82, 2.24) is 0 Å². The van der Waals surface area contributed by atoms with Crippen LogP contribution in [-0.2, 0) is 65.4 Å². The van der Waals surface area contributed by atoms with Crippen molar-refractivity contribution in [3.63, 3.8) is 0 Å². The van der Waals surface area contributed by atoms with E-state index >= 15 is 0 Å². The molecule has 0 aromatic rings. The van der Waals surface area contributed by atoms with E-state index < -0.39 is 97.5 Å². The molecule has 8 atom stereocenters. The summed E-state index contributed by atoms with van der Waals surface area (Å²) in [6, 6.07) is 0. The number of carbonyl (C=O) groups is 4. The van der Waals surface area contributed by atoms with E-state index in [0.717, 1.165) is 114 Å². The zero-order valence-electron chi connectivity index (χ0n) is 53.8. The van der Waals surface area contributed by atoms with Crippen LogP contribution in [0.2, 0.25) is 0 Å². The zero-order chi connectivity index (χ0) is 61.8. The highest BCUT2D eigenvalue weighted by atomic mass is 31.2. The van der Waals surface area contributed by atoms with Gasteiger partial charge in [0.05, 0.1) is 26.4 Å². The lowest BCUT2D eigenvalue weighted by Gasteiger charge is -2.21. The molecule has 19 heteroatoms. The summed E-state index contributed by atoms with van der Waals surface area (Å²) in [4.78, 5) is 72.2. The minimum absolute atomic E-state index is 0.102. The van der Waals surface area contributed by atoms with E-state index in [4.69, 9.17) is 37.0 Å². The van der Waals surface area contributed by atoms with E-state index in [1.165, 1.54) is 103 Å². The highest BCUT2D eigenvalue weighted by molar-refractivity contribution is 7.47. The fraction of sp³-hybridized carbons (Fsp3) is 0.938. The molecule has 0 saturated carbocycles. The summed E-state index contributed by atoms with van der Waals surface area (Å²) in [5.41, 5.74) is 0. The third-order valence-electron chi connectivity index (χ3n) is 15.7. The SMILES string of the molecule is CCC(C)CCCCCCCCCCC(=O)OC[C@H](COP(=O)(O)OC[C@@H](O)COP(=O)(O)OC[C@@H](COC(=O)CCCCCCCCC(C)C)OC(=O)CCCCCCCCCCC(C)CC)OC(=O)CCCCCCCCC(C)CC. The van der Waals surface area contributed by atoms with Crippen LogP contribution in [-0.4, -0.2) is 96.7 Å². The Morgan fingerprint density at radius 3 is 0.855 bits per heavy atom. The molecule has 0 aromatic carbocycles. The Morgan fingerprint density at radius 2 is 0.578 bits per heavy atom. The Bertz CT molecular complexity index is 1670. The second-order valence-corrected chi connectivity index (χ2v) is 27.3. The minimum atomic E-state index is -4.95. The summed E-state index contributed by atoms with van der Waals surface area (Å²) in [5.74, 6) is 0.803. The van der Waals surface area contributed by atoms with Crippen molar-refractivity contribution in [2.24, 2.45) is 23.7 Å². The van der Waals surface area contributed by atoms with E-state index in [-0.39, 0.29) is 25.7 Å². The van der Waals surface area contributed by atoms with Gasteiger partial charge >= 0.3 is 39.5 Å². The van der Waals surface area contributed by atoms with E-state index in [0.29, 0.717) is 31.6 Å². The molecule has 0 saturated heterocycles. The van der Waals surface area contributed by atoms with Crippen molar-refractivity contribution in [3.05, 3.63) is 0 Å². The Balaban J connectivity index is 5.26. The van der Waals surface area contributed by atoms with Crippen LogP contribution in [0.4, 0.5) is 0 Å². The Morgan fingerprint density at radius 1 is 0.337 bits per heavy atom. The Kier molecular flexibility index (Phi) is 53.0. The normalized spacial score (nSPS) is 15.4. The largest absolute Gasteiger partial charge is 0.472 e. The molecule has 0 aliphatic carbocycles. The van der Waals surface area contributed by atoms with Gasteiger partial charge in [0, 0.05) is 25.7 Å². The van der Waals surface area contributed by atoms with Gasteiger partial charge < -0.3 is 33.8 Å². The highest BCUT2D eigenvalue weighted by Crippen LogP contribution is 2.45. The standard InChI is InChI=1S/C64H124O17P2/c1-9-55(6)41-33-25-16-12-14-18-28-36-44-61(66)74-50-60(81-64(69)47-39-31-23-21-27-35-43-57(8)11-3)53-79-83(72,73)77-49-58(65)48-76-82(70,71)78-52-59(51-75-62(67)45-37-29-22-20-24-32-40-54(4)5)80-63(68)46-38-30-19-15-13-17-26-34-42-56(7)10-2/h54-60,65H,9-53H2,1-8H3,(H,70,71)(H,72,73)/t55?,56?,57?,58-,59+,60+/m0/s1. The molecule has 0 fully saturated rings. The average molecular weight is 1230 g/mol. The number of unbranched alkanes of at least 4 members (excludes halogenated alkanes) is 24. The maximum Gasteiger partial charge on any atom is 0.472 e. The summed E-state index contributed by atoms with van der Waals surface area (Å²) in [5, 5.41) is 10.5. The molecule has 492 valence electrons. The third kappa shape index (κ3) is 55.1. The van der Waals surface area contributed by atoms with Crippen molar-refractivity contribution in [1.29, 1.82) is 0 Å². The second-order valence-electron chi connectivity index (χ2n) is 24.4. The van der Waals surface area contributed by atoms with Gasteiger partial charge in [0.25, 0.3) is 0 Å². The lowest BCUT2D eigenvalue weighted by molar-refractivity contribution is -0.161. The first-order valence-electron chi connectivity index (χ1n) is 33.3. The number of aliphatic hydroxyl groups excluding tert-OH is 1. The molecule has 83 heavy (non-hydrogen) atoms. The van der Waals surface area contributed by atoms with Crippen LogP contribution in [0.5, 0.6) is 0 Å². The number of rotatable bonds is 61. The predicted octanol–water partition coefficient (Wildman–Crippen LogP) is 17.4. The molecule has 0 rings (SSSR count). The number of hydrogen-bond acceptors (Lipinski definition) is 15. The molecule has 5 unspecified atom stereocenters. The number of hydrogen-bond donors (Lipinski definition) is 3. The average Bonchev–Trinajstić information content (AvgIpc) is 3.45. The lowest BCUT2D eigenvalue weighted by Crippen LogP contribution is -2.30. The van der Waals surface area contributed by atoms with Crippen LogP contribution in [0.25, 0.3) is 0 Å². The molecule has 0 radical (unpaired) electrons. The number of phosphoric ester groups is 2. The minimum Gasteiger partial charge on any atom is -0.462 e. The van der Waals surface area contributed by atoms with Gasteiger partial charge in [-0.3, -0.25) is 37.3 Å². The second kappa shape index (κ2) is 54.2. The zero-order valence-corrected chi connectivity index (χ0v) is 55.6. The summed E-state index contributed by atoms with van der Waals surface area (Å²) >= 11 is 0. The Labute approximate surface area is 505 Å². The molecule has 0 amide bonds. The van der Waals surface area contributed by atoms with E-state index in [2.05, 4.69) is 55.4 Å². The molecule has 3 N–H and O–H groups in total. The van der Waals surface area contributed by atoms with Gasteiger partial charge in [-0.1, -0.05) is 254 Å². The van der Waals surface area contributed by atoms with Gasteiger partial charge in [0.2, 0.25) is 0 Å². The highest BCUT2D eigenvalue weighted by Gasteiger charge is 2.30. The predicted molar refractivity (Wildman–Crippen MR) is 331 cm³/mol. The Hall–Kier alpha value is -1.94. The summed E-state index contributed by atoms with van der Waals surface area (Å²) < 4.78 is 68.0. The van der Waals surface area contributed by atoms with Crippen molar-refractivity contribution >= 4 is 39.5 Å². The van der Waals surface area contributed by atoms with Crippen LogP contribution < -0.4 is 0 Å². The summed E-state index contributed by atoms with van der Waals surface area (Å²) in [7, 11) is -9.89. The fourth-order valence-electron chi connectivity index (χ4n) is 9.33. The van der Waals surface area contributed by atoms with Crippen molar-refractivity contribution in [2.45, 2.75) is 324 Å². The fourth-order valence-corrected chi connectivity index (χ4v) is 10.9. The number of carbonyl (C=O) groups excluding carboxylic acids is 4. The lowest BCUT2D eigenvalue weighted by atomic mass is 9.99. The smallest absolute Gasteiger partial charge is 0.462 e. The summed E-state index contributed by atoms with van der Waals surface area (Å²) in [6.07, 6.45) is 33.5. The monoisotopic (exact) mass is 1230 g/mol. The van der Waals surface area contributed by atoms with Crippen LogP contribution in [0.1, 0.15) is 306 Å². The van der Waals surface area contributed by atoms with Gasteiger partial charge in [-0.25, -0.2) is 9.13 Å². The molecule has 0 heterocycles. The third-order valence-corrected chi connectivity index (χ3v) is 17.6. The first kappa shape index (κ1) is 81.1. The molecular weight excluding hydrogens is 1100 g/mol. The quantitative estimate of drug-likeness (QED) is 0.0222. The first-order valence-corrected chi connectivity index (χ1v) is 36.3. The van der Waals surface area contributed by atoms with Gasteiger partial charge in [0.15, 0.2) is 12.2 Å². The van der Waals surface area contributed by atoms with Gasteiger partial charge in [0.1, 0.15) is 19.3 Å². The molecule has 0 spiro atoms. The van der Waals surface area contributed by atoms with Crippen LogP contribution in [0.15, 0.2) is 0 Å². The van der Waals surface area contributed by atoms with Crippen molar-refractivity contribution in [3.8, 4) is 0 Å². The summed E-state index contributed by atoms with van der Waals surface area (Å²) in [6.45, 7) is 14.0. The topological polar surface area (TPSA) is 237 Å². The maximum absolute atomic E-state index is 13.0. The number of ether oxygens (including phenoxy) is 4. The molecule has 0 bridgehead atoms. The molecule has 0 aromatic heterocycles. The van der Waals surface area contributed by atoms with Crippen molar-refractivity contribution in [2.75, 3.05) is 39.6 Å². The molecule has 0 aliphatic rings. The van der Waals surface area contributed by atoms with Crippen molar-refractivity contribution < 1.29 is 80.2 Å². The van der Waals surface area contributed by atoms with Crippen LogP contribution >= 0.6 is 15.6 Å². The molecular formula is C64H124O17P2. The van der Waals surface area contributed by atoms with E-state index in [9.17, 15) is 43.2 Å². The first-order chi connectivity index (χ1) is 39.7. The maximum atomic E-state index is 13.0. The van der Waals surface area contributed by atoms with Crippen LogP contribution in [0, 0.1) is 23.7 Å². The number of aliphatic hydroxyl groups is 1. The number of phosphoric acid groups is 2. The molecule has 0 aliphatic heterocycles. The molecule has 17 nitrogen and oxygen atoms in total. The van der Waals surface area contributed by atoms with E-state index in [1.807, 2.05) is 0 Å². The number of esters is 4. The van der Waals surface area contributed by atoms with Gasteiger partial charge in [-0.2, -0.15) is 0 Å². The van der Waals surface area contributed by atoms with Gasteiger partial charge in [-0.15, -0.1) is 0 Å².